The van der Waals surface area contributed by atoms with Crippen LogP contribution in [0.25, 0.3) is 22.1 Å². The Morgan fingerprint density at radius 1 is 0.957 bits per heavy atom. The fourth-order valence-corrected chi connectivity index (χ4v) is 2.64. The van der Waals surface area contributed by atoms with Crippen LogP contribution in [0.4, 0.5) is 0 Å². The lowest BCUT2D eigenvalue weighted by Crippen LogP contribution is -2.06. The first-order chi connectivity index (χ1) is 11.1. The highest BCUT2D eigenvalue weighted by atomic mass is 16.5. The second kappa shape index (κ2) is 5.80. The molecule has 23 heavy (non-hydrogen) atoms. The smallest absolute Gasteiger partial charge is 0.200 e. The molecule has 0 radical (unpaired) electrons. The number of hydrogen-bond donors (Lipinski definition) is 0. The summed E-state index contributed by atoms with van der Waals surface area (Å²) in [7, 11) is 3.14. The molecule has 0 N–H and O–H groups in total. The standard InChI is InChI=1S/C19H18O4/c1-11-5-7-14-18(20)15(10-23-19(14)12(11)2)13-6-8-16(21-3)17(9-13)22-4/h5-10H,1-4H3. The van der Waals surface area contributed by atoms with Crippen LogP contribution in [0.5, 0.6) is 11.5 Å². The molecule has 1 heterocycles. The molecule has 1 aromatic heterocycles. The van der Waals surface area contributed by atoms with Crippen LogP contribution in [0.1, 0.15) is 11.1 Å². The van der Waals surface area contributed by atoms with E-state index in [0.717, 1.165) is 16.7 Å². The van der Waals surface area contributed by atoms with Crippen LogP contribution in [0.3, 0.4) is 0 Å². The summed E-state index contributed by atoms with van der Waals surface area (Å²) in [6, 6.07) is 9.12. The maximum Gasteiger partial charge on any atom is 0.200 e. The van der Waals surface area contributed by atoms with E-state index in [4.69, 9.17) is 13.9 Å². The van der Waals surface area contributed by atoms with E-state index in [-0.39, 0.29) is 5.43 Å². The van der Waals surface area contributed by atoms with Gasteiger partial charge in [-0.2, -0.15) is 0 Å². The number of rotatable bonds is 3. The van der Waals surface area contributed by atoms with Crippen molar-refractivity contribution in [1.82, 2.24) is 0 Å². The molecule has 4 nitrogen and oxygen atoms in total. The van der Waals surface area contributed by atoms with Crippen molar-refractivity contribution in [2.45, 2.75) is 13.8 Å². The van der Waals surface area contributed by atoms with Gasteiger partial charge in [0.25, 0.3) is 0 Å². The quantitative estimate of drug-likeness (QED) is 0.731. The van der Waals surface area contributed by atoms with Crippen LogP contribution < -0.4 is 14.9 Å². The molecular formula is C19H18O4. The number of benzene rings is 2. The average molecular weight is 310 g/mol. The van der Waals surface area contributed by atoms with E-state index in [1.807, 2.05) is 32.0 Å². The minimum absolute atomic E-state index is 0.0541. The van der Waals surface area contributed by atoms with Crippen molar-refractivity contribution < 1.29 is 13.9 Å². The zero-order valence-corrected chi connectivity index (χ0v) is 13.6. The van der Waals surface area contributed by atoms with Gasteiger partial charge in [-0.05, 0) is 48.7 Å². The number of fused-ring (bicyclic) bond motifs is 1. The normalized spacial score (nSPS) is 10.8. The summed E-state index contributed by atoms with van der Waals surface area (Å²) >= 11 is 0. The molecule has 0 aliphatic rings. The minimum atomic E-state index is -0.0541. The van der Waals surface area contributed by atoms with Crippen molar-refractivity contribution in [2.75, 3.05) is 14.2 Å². The summed E-state index contributed by atoms with van der Waals surface area (Å²) in [6.07, 6.45) is 1.51. The molecule has 3 rings (SSSR count). The Bertz CT molecular complexity index is 938. The van der Waals surface area contributed by atoms with Gasteiger partial charge in [-0.1, -0.05) is 12.1 Å². The summed E-state index contributed by atoms with van der Waals surface area (Å²) < 4.78 is 16.3. The van der Waals surface area contributed by atoms with Gasteiger partial charge in [-0.25, -0.2) is 0 Å². The van der Waals surface area contributed by atoms with Gasteiger partial charge in [0.1, 0.15) is 11.8 Å². The van der Waals surface area contributed by atoms with Crippen molar-refractivity contribution in [1.29, 1.82) is 0 Å². The number of aryl methyl sites for hydroxylation is 2. The summed E-state index contributed by atoms with van der Waals surface area (Å²) in [4.78, 5) is 12.8. The third-order valence-corrected chi connectivity index (χ3v) is 4.16. The Morgan fingerprint density at radius 3 is 2.39 bits per heavy atom. The molecular weight excluding hydrogens is 292 g/mol. The third kappa shape index (κ3) is 2.46. The van der Waals surface area contributed by atoms with Crippen LogP contribution in [-0.2, 0) is 0 Å². The van der Waals surface area contributed by atoms with E-state index >= 15 is 0 Å². The molecule has 0 spiro atoms. The predicted molar refractivity (Wildman–Crippen MR) is 90.5 cm³/mol. The zero-order chi connectivity index (χ0) is 16.6. The summed E-state index contributed by atoms with van der Waals surface area (Å²) in [6.45, 7) is 3.95. The highest BCUT2D eigenvalue weighted by molar-refractivity contribution is 5.84. The molecule has 3 aromatic rings. The highest BCUT2D eigenvalue weighted by Crippen LogP contribution is 2.32. The van der Waals surface area contributed by atoms with Gasteiger partial charge in [-0.15, -0.1) is 0 Å². The van der Waals surface area contributed by atoms with Gasteiger partial charge in [0.2, 0.25) is 5.43 Å². The molecule has 0 unspecified atom stereocenters. The van der Waals surface area contributed by atoms with Crippen molar-refractivity contribution in [3.05, 3.63) is 57.9 Å². The van der Waals surface area contributed by atoms with E-state index < -0.39 is 0 Å². The van der Waals surface area contributed by atoms with Crippen LogP contribution in [0.2, 0.25) is 0 Å². The number of methoxy groups -OCH3 is 2. The second-order valence-corrected chi connectivity index (χ2v) is 5.43. The lowest BCUT2D eigenvalue weighted by Gasteiger charge is -2.10. The Morgan fingerprint density at radius 2 is 1.70 bits per heavy atom. The van der Waals surface area contributed by atoms with Crippen molar-refractivity contribution in [2.24, 2.45) is 0 Å². The first kappa shape index (κ1) is 15.2. The van der Waals surface area contributed by atoms with E-state index in [1.54, 1.807) is 26.4 Å². The maximum atomic E-state index is 12.8. The van der Waals surface area contributed by atoms with E-state index in [2.05, 4.69) is 0 Å². The van der Waals surface area contributed by atoms with Gasteiger partial charge in [-0.3, -0.25) is 4.79 Å². The van der Waals surface area contributed by atoms with Crippen molar-refractivity contribution in [3.8, 4) is 22.6 Å². The van der Waals surface area contributed by atoms with Gasteiger partial charge >= 0.3 is 0 Å². The first-order valence-electron chi connectivity index (χ1n) is 7.31. The van der Waals surface area contributed by atoms with E-state index in [0.29, 0.717) is 28.0 Å². The van der Waals surface area contributed by atoms with Gasteiger partial charge in [0, 0.05) is 0 Å². The molecule has 0 amide bonds. The minimum Gasteiger partial charge on any atom is -0.493 e. The van der Waals surface area contributed by atoms with Crippen LogP contribution in [0.15, 0.2) is 45.8 Å². The molecule has 0 saturated carbocycles. The lowest BCUT2D eigenvalue weighted by molar-refractivity contribution is 0.355. The molecule has 2 aromatic carbocycles. The maximum absolute atomic E-state index is 12.8. The van der Waals surface area contributed by atoms with Gasteiger partial charge in [0.05, 0.1) is 25.2 Å². The number of hydrogen-bond acceptors (Lipinski definition) is 4. The largest absolute Gasteiger partial charge is 0.493 e. The SMILES string of the molecule is COc1ccc(-c2coc3c(C)c(C)ccc3c2=O)cc1OC. The molecule has 0 aliphatic heterocycles. The fourth-order valence-electron chi connectivity index (χ4n) is 2.64. The Hall–Kier alpha value is -2.75. The molecule has 0 bridgehead atoms. The van der Waals surface area contributed by atoms with Crippen molar-refractivity contribution in [3.63, 3.8) is 0 Å². The van der Waals surface area contributed by atoms with Crippen LogP contribution in [0, 0.1) is 13.8 Å². The molecule has 118 valence electrons. The summed E-state index contributed by atoms with van der Waals surface area (Å²) in [5.41, 5.74) is 3.90. The predicted octanol–water partition coefficient (Wildman–Crippen LogP) is 4.09. The average Bonchev–Trinajstić information content (AvgIpc) is 2.58. The Labute approximate surface area is 134 Å². The monoisotopic (exact) mass is 310 g/mol. The summed E-state index contributed by atoms with van der Waals surface area (Å²) in [5, 5.41) is 0.584. The van der Waals surface area contributed by atoms with Crippen LogP contribution in [-0.4, -0.2) is 14.2 Å². The molecule has 0 fully saturated rings. The Balaban J connectivity index is 2.24. The van der Waals surface area contributed by atoms with Gasteiger partial charge in [0.15, 0.2) is 11.5 Å². The molecule has 0 saturated heterocycles. The van der Waals surface area contributed by atoms with Crippen LogP contribution >= 0.6 is 0 Å². The van der Waals surface area contributed by atoms with Crippen molar-refractivity contribution >= 4 is 11.0 Å². The zero-order valence-electron chi connectivity index (χ0n) is 13.6. The van der Waals surface area contributed by atoms with E-state index in [1.165, 1.54) is 6.26 Å². The highest BCUT2D eigenvalue weighted by Gasteiger charge is 2.13. The fraction of sp³-hybridized carbons (Fsp3) is 0.211. The summed E-state index contributed by atoms with van der Waals surface area (Å²) in [5.74, 6) is 1.19. The topological polar surface area (TPSA) is 48.7 Å². The molecule has 0 aliphatic carbocycles. The number of ether oxygens (including phenoxy) is 2. The Kier molecular flexibility index (Phi) is 3.82. The molecule has 0 atom stereocenters. The first-order valence-corrected chi connectivity index (χ1v) is 7.31. The molecule has 4 heteroatoms. The van der Waals surface area contributed by atoms with E-state index in [9.17, 15) is 4.79 Å². The van der Waals surface area contributed by atoms with Gasteiger partial charge < -0.3 is 13.9 Å². The lowest BCUT2D eigenvalue weighted by atomic mass is 10.0. The third-order valence-electron chi connectivity index (χ3n) is 4.16. The second-order valence-electron chi connectivity index (χ2n) is 5.43.